The molecule has 1 saturated heterocycles. The lowest BCUT2D eigenvalue weighted by Crippen LogP contribution is -2.46. The average molecular weight is 270 g/mol. The summed E-state index contributed by atoms with van der Waals surface area (Å²) in [6, 6.07) is 0. The maximum absolute atomic E-state index is 11.1. The molecule has 0 aromatic carbocycles. The number of nitrogens with zero attached hydrogens (tertiary/aromatic N) is 1. The van der Waals surface area contributed by atoms with Crippen LogP contribution in [0.5, 0.6) is 0 Å². The fraction of sp³-hybridized carbons (Fsp3) is 0.833. The van der Waals surface area contributed by atoms with Crippen molar-refractivity contribution < 1.29 is 9.53 Å². The number of amides is 1. The van der Waals surface area contributed by atoms with Crippen LogP contribution in [0.25, 0.3) is 0 Å². The predicted molar refractivity (Wildman–Crippen MR) is 49.8 cm³/mol. The summed E-state index contributed by atoms with van der Waals surface area (Å²) >= 11 is 2.01. The largest absolute Gasteiger partial charge is 0.439 e. The first kappa shape index (κ1) is 9.05. The van der Waals surface area contributed by atoms with Crippen molar-refractivity contribution in [1.29, 1.82) is 0 Å². The van der Waals surface area contributed by atoms with E-state index < -0.39 is 0 Å². The minimum Gasteiger partial charge on any atom is -0.439 e. The van der Waals surface area contributed by atoms with Crippen LogP contribution in [0.1, 0.15) is 0 Å². The number of rotatable bonds is 1. The molecule has 0 saturated carbocycles. The molecule has 0 aromatic rings. The fourth-order valence-electron chi connectivity index (χ4n) is 0.985. The molecular formula is C6H11IN2O2. The molecule has 0 atom stereocenters. The monoisotopic (exact) mass is 270 g/mol. The van der Waals surface area contributed by atoms with Gasteiger partial charge in [-0.15, -0.1) is 0 Å². The van der Waals surface area contributed by atoms with Crippen LogP contribution in [0.3, 0.4) is 0 Å². The topological polar surface area (TPSA) is 41.6 Å². The van der Waals surface area contributed by atoms with Crippen molar-refractivity contribution in [2.75, 3.05) is 30.8 Å². The van der Waals surface area contributed by atoms with Gasteiger partial charge in [0, 0.05) is 26.2 Å². The maximum atomic E-state index is 11.1. The number of carbonyl (C=O) groups is 1. The Bertz CT molecular complexity index is 137. The van der Waals surface area contributed by atoms with Crippen LogP contribution in [0.4, 0.5) is 4.79 Å². The average Bonchev–Trinajstić information content (AvgIpc) is 2.07. The minimum absolute atomic E-state index is 0.194. The molecule has 0 spiro atoms. The van der Waals surface area contributed by atoms with Crippen molar-refractivity contribution in [2.24, 2.45) is 0 Å². The number of halogens is 1. The Morgan fingerprint density at radius 3 is 2.73 bits per heavy atom. The summed E-state index contributed by atoms with van der Waals surface area (Å²) in [5.41, 5.74) is 0. The summed E-state index contributed by atoms with van der Waals surface area (Å²) in [7, 11) is 0. The Hall–Kier alpha value is -0.0400. The van der Waals surface area contributed by atoms with Gasteiger partial charge in [-0.1, -0.05) is 0 Å². The Labute approximate surface area is 79.4 Å². The van der Waals surface area contributed by atoms with Gasteiger partial charge >= 0.3 is 6.09 Å². The molecule has 4 nitrogen and oxygen atoms in total. The van der Waals surface area contributed by atoms with Gasteiger partial charge in [0.25, 0.3) is 0 Å². The van der Waals surface area contributed by atoms with Crippen LogP contribution in [0, 0.1) is 0 Å². The highest BCUT2D eigenvalue weighted by atomic mass is 127. The standard InChI is InChI=1S/C6H11IN2O2/c7-5-11-6(10)9-3-1-8-2-4-9/h8H,1-5H2. The summed E-state index contributed by atoms with van der Waals surface area (Å²) < 4.78 is 5.26. The van der Waals surface area contributed by atoms with E-state index >= 15 is 0 Å². The molecule has 5 heteroatoms. The molecule has 1 heterocycles. The first-order chi connectivity index (χ1) is 5.34. The second-order valence-electron chi connectivity index (χ2n) is 2.26. The molecule has 1 amide bonds. The van der Waals surface area contributed by atoms with E-state index in [1.54, 1.807) is 4.90 Å². The highest BCUT2D eigenvalue weighted by molar-refractivity contribution is 14.1. The number of carbonyl (C=O) groups excluding carboxylic acids is 1. The molecule has 1 aliphatic heterocycles. The van der Waals surface area contributed by atoms with E-state index in [-0.39, 0.29) is 6.09 Å². The van der Waals surface area contributed by atoms with Crippen molar-refractivity contribution in [3.63, 3.8) is 0 Å². The number of piperazine rings is 1. The minimum atomic E-state index is -0.194. The van der Waals surface area contributed by atoms with E-state index in [0.717, 1.165) is 26.2 Å². The van der Waals surface area contributed by atoms with E-state index in [4.69, 9.17) is 4.74 Å². The first-order valence-corrected chi connectivity index (χ1v) is 5.05. The molecule has 1 N–H and O–H groups in total. The van der Waals surface area contributed by atoms with E-state index in [2.05, 4.69) is 5.32 Å². The Morgan fingerprint density at radius 1 is 1.55 bits per heavy atom. The van der Waals surface area contributed by atoms with Crippen molar-refractivity contribution in [1.82, 2.24) is 10.2 Å². The van der Waals surface area contributed by atoms with Crippen molar-refractivity contribution in [3.05, 3.63) is 0 Å². The summed E-state index contributed by atoms with van der Waals surface area (Å²) in [5.74, 6) is 0. The number of hydrogen-bond donors (Lipinski definition) is 1. The Balaban J connectivity index is 2.27. The third kappa shape index (κ3) is 2.82. The van der Waals surface area contributed by atoms with Gasteiger partial charge in [-0.3, -0.25) is 0 Å². The molecule has 64 valence electrons. The quantitative estimate of drug-likeness (QED) is 0.554. The van der Waals surface area contributed by atoms with Crippen LogP contribution in [0.2, 0.25) is 0 Å². The van der Waals surface area contributed by atoms with Gasteiger partial charge in [-0.25, -0.2) is 4.79 Å². The van der Waals surface area contributed by atoms with Gasteiger partial charge in [-0.05, 0) is 22.6 Å². The van der Waals surface area contributed by atoms with Crippen molar-refractivity contribution in [2.45, 2.75) is 0 Å². The lowest BCUT2D eigenvalue weighted by molar-refractivity contribution is 0.116. The van der Waals surface area contributed by atoms with Crippen LogP contribution in [0.15, 0.2) is 0 Å². The second-order valence-corrected chi connectivity index (χ2v) is 2.88. The Kier molecular flexibility index (Phi) is 3.92. The number of alkyl halides is 1. The summed E-state index contributed by atoms with van der Waals surface area (Å²) in [5, 5.41) is 3.16. The Morgan fingerprint density at radius 2 is 2.18 bits per heavy atom. The van der Waals surface area contributed by atoms with Crippen molar-refractivity contribution >= 4 is 28.7 Å². The van der Waals surface area contributed by atoms with E-state index in [9.17, 15) is 4.79 Å². The number of ether oxygens (including phenoxy) is 1. The molecule has 0 bridgehead atoms. The van der Waals surface area contributed by atoms with Crippen LogP contribution in [-0.2, 0) is 4.74 Å². The third-order valence-electron chi connectivity index (χ3n) is 1.55. The molecule has 1 rings (SSSR count). The fourth-order valence-corrected chi connectivity index (χ4v) is 1.25. The predicted octanol–water partition coefficient (Wildman–Crippen LogP) is 0.421. The molecule has 0 unspecified atom stereocenters. The lowest BCUT2D eigenvalue weighted by atomic mass is 10.4. The number of nitrogens with one attached hydrogen (secondary N) is 1. The summed E-state index contributed by atoms with van der Waals surface area (Å²) in [6.45, 7) is 3.26. The lowest BCUT2D eigenvalue weighted by Gasteiger charge is -2.26. The highest BCUT2D eigenvalue weighted by Crippen LogP contribution is 1.97. The van der Waals surface area contributed by atoms with Crippen molar-refractivity contribution in [3.8, 4) is 0 Å². The zero-order valence-electron chi connectivity index (χ0n) is 6.18. The zero-order valence-corrected chi connectivity index (χ0v) is 8.33. The smallest absolute Gasteiger partial charge is 0.410 e. The molecule has 0 aliphatic carbocycles. The van der Waals surface area contributed by atoms with E-state index in [1.165, 1.54) is 0 Å². The van der Waals surface area contributed by atoms with Gasteiger partial charge in [0.1, 0.15) is 4.61 Å². The van der Waals surface area contributed by atoms with Crippen LogP contribution < -0.4 is 5.32 Å². The van der Waals surface area contributed by atoms with Gasteiger partial charge in [0.15, 0.2) is 0 Å². The molecule has 0 radical (unpaired) electrons. The molecule has 1 fully saturated rings. The molecule has 0 aromatic heterocycles. The van der Waals surface area contributed by atoms with E-state index in [1.807, 2.05) is 22.6 Å². The van der Waals surface area contributed by atoms with Gasteiger partial charge in [-0.2, -0.15) is 0 Å². The first-order valence-electron chi connectivity index (χ1n) is 3.53. The van der Waals surface area contributed by atoms with E-state index in [0.29, 0.717) is 4.61 Å². The van der Waals surface area contributed by atoms with Gasteiger partial charge in [0.2, 0.25) is 0 Å². The van der Waals surface area contributed by atoms with Gasteiger partial charge in [0.05, 0.1) is 0 Å². The zero-order chi connectivity index (χ0) is 8.10. The summed E-state index contributed by atoms with van der Waals surface area (Å²) in [4.78, 5) is 12.8. The molecular weight excluding hydrogens is 259 g/mol. The normalized spacial score (nSPS) is 18.1. The van der Waals surface area contributed by atoms with Gasteiger partial charge < -0.3 is 15.0 Å². The third-order valence-corrected chi connectivity index (χ3v) is 1.86. The second kappa shape index (κ2) is 4.76. The highest BCUT2D eigenvalue weighted by Gasteiger charge is 2.16. The number of hydrogen-bond acceptors (Lipinski definition) is 3. The van der Waals surface area contributed by atoms with Crippen LogP contribution in [-0.4, -0.2) is 41.8 Å². The van der Waals surface area contributed by atoms with Crippen LogP contribution >= 0.6 is 22.6 Å². The SMILES string of the molecule is O=C(OCI)N1CCNCC1. The molecule has 11 heavy (non-hydrogen) atoms. The summed E-state index contributed by atoms with van der Waals surface area (Å²) in [6.07, 6.45) is -0.194. The maximum Gasteiger partial charge on any atom is 0.410 e. The molecule has 1 aliphatic rings.